The van der Waals surface area contributed by atoms with Gasteiger partial charge in [0.25, 0.3) is 0 Å². The van der Waals surface area contributed by atoms with Crippen LogP contribution in [0.4, 0.5) is 27.5 Å². The SMILES string of the molecule is CCC(NCc1ccc(Nc2nc(Nc3cccc(S(N)(=O)=O)c3)ncc2F)cc1)C(N)=O. The number of benzene rings is 2. The van der Waals surface area contributed by atoms with Gasteiger partial charge in [0, 0.05) is 17.9 Å². The topological polar surface area (TPSA) is 165 Å². The molecular weight excluding hydrogens is 449 g/mol. The van der Waals surface area contributed by atoms with E-state index in [1.807, 2.05) is 19.1 Å². The van der Waals surface area contributed by atoms with E-state index in [1.165, 1.54) is 18.2 Å². The van der Waals surface area contributed by atoms with E-state index in [4.69, 9.17) is 10.9 Å². The molecule has 3 aromatic rings. The lowest BCUT2D eigenvalue weighted by atomic mass is 10.1. The standard InChI is InChI=1S/C21H24FN7O3S/c1-2-18(19(23)30)25-11-13-6-8-14(9-7-13)27-20-17(22)12-26-21(29-20)28-15-4-3-5-16(10-15)33(24,31)32/h3-10,12,18,25H,2,11H2,1H3,(H2,23,30)(H2,24,31,32)(H2,26,27,28,29). The van der Waals surface area contributed by atoms with Crippen molar-refractivity contribution in [3.63, 3.8) is 0 Å². The molecule has 174 valence electrons. The Kier molecular flexibility index (Phi) is 7.53. The Bertz CT molecular complexity index is 1240. The number of primary sulfonamides is 1. The summed E-state index contributed by atoms with van der Waals surface area (Å²) in [4.78, 5) is 19.2. The predicted molar refractivity (Wildman–Crippen MR) is 123 cm³/mol. The molecule has 12 heteroatoms. The monoisotopic (exact) mass is 473 g/mol. The molecule has 0 aliphatic heterocycles. The number of primary amides is 1. The van der Waals surface area contributed by atoms with Gasteiger partial charge in [0.15, 0.2) is 11.6 Å². The molecule has 2 aromatic carbocycles. The van der Waals surface area contributed by atoms with Crippen molar-refractivity contribution >= 4 is 39.1 Å². The largest absolute Gasteiger partial charge is 0.368 e. The van der Waals surface area contributed by atoms with Gasteiger partial charge in [-0.05, 0) is 42.3 Å². The summed E-state index contributed by atoms with van der Waals surface area (Å²) in [5, 5.41) is 13.9. The number of rotatable bonds is 10. The number of hydrogen-bond acceptors (Lipinski definition) is 8. The average molecular weight is 474 g/mol. The van der Waals surface area contributed by atoms with Gasteiger partial charge >= 0.3 is 0 Å². The molecule has 0 radical (unpaired) electrons. The Morgan fingerprint density at radius 1 is 1.12 bits per heavy atom. The molecule has 0 saturated carbocycles. The molecule has 0 aliphatic rings. The second-order valence-electron chi connectivity index (χ2n) is 7.15. The molecule has 0 aliphatic carbocycles. The molecule has 1 heterocycles. The van der Waals surface area contributed by atoms with Gasteiger partial charge in [-0.1, -0.05) is 25.1 Å². The van der Waals surface area contributed by atoms with Gasteiger partial charge in [0.2, 0.25) is 21.9 Å². The predicted octanol–water partition coefficient (Wildman–Crippen LogP) is 2.10. The molecule has 0 spiro atoms. The summed E-state index contributed by atoms with van der Waals surface area (Å²) in [6, 6.07) is 12.5. The number of nitrogens with zero attached hydrogens (tertiary/aromatic N) is 2. The van der Waals surface area contributed by atoms with Crippen LogP contribution >= 0.6 is 0 Å². The molecule has 10 nitrogen and oxygen atoms in total. The van der Waals surface area contributed by atoms with Gasteiger partial charge in [-0.2, -0.15) is 4.98 Å². The Labute approximate surface area is 190 Å². The van der Waals surface area contributed by atoms with Crippen LogP contribution in [-0.2, 0) is 21.4 Å². The van der Waals surface area contributed by atoms with E-state index in [-0.39, 0.29) is 16.7 Å². The minimum Gasteiger partial charge on any atom is -0.368 e. The fraction of sp³-hybridized carbons (Fsp3) is 0.190. The van der Waals surface area contributed by atoms with Crippen LogP contribution in [0.15, 0.2) is 59.6 Å². The van der Waals surface area contributed by atoms with E-state index in [0.29, 0.717) is 24.3 Å². The number of nitrogens with one attached hydrogen (secondary N) is 3. The number of aromatic nitrogens is 2. The average Bonchev–Trinajstić information content (AvgIpc) is 2.77. The van der Waals surface area contributed by atoms with Crippen LogP contribution in [0.5, 0.6) is 0 Å². The lowest BCUT2D eigenvalue weighted by Gasteiger charge is -2.13. The van der Waals surface area contributed by atoms with E-state index in [1.54, 1.807) is 18.2 Å². The van der Waals surface area contributed by atoms with Crippen LogP contribution in [0.3, 0.4) is 0 Å². The molecule has 3 rings (SSSR count). The first-order valence-corrected chi connectivity index (χ1v) is 11.5. The third-order valence-corrected chi connectivity index (χ3v) is 5.59. The zero-order valence-corrected chi connectivity index (χ0v) is 18.6. The van der Waals surface area contributed by atoms with E-state index >= 15 is 0 Å². The van der Waals surface area contributed by atoms with Gasteiger partial charge in [-0.3, -0.25) is 4.79 Å². The fourth-order valence-corrected chi connectivity index (χ4v) is 3.48. The highest BCUT2D eigenvalue weighted by molar-refractivity contribution is 7.89. The Hall–Kier alpha value is -3.61. The molecular formula is C21H24FN7O3S. The summed E-state index contributed by atoms with van der Waals surface area (Å²) >= 11 is 0. The summed E-state index contributed by atoms with van der Waals surface area (Å²) in [5.41, 5.74) is 7.20. The number of anilines is 4. The van der Waals surface area contributed by atoms with Crippen molar-refractivity contribution in [3.05, 3.63) is 66.1 Å². The van der Waals surface area contributed by atoms with Crippen molar-refractivity contribution < 1.29 is 17.6 Å². The highest BCUT2D eigenvalue weighted by atomic mass is 32.2. The van der Waals surface area contributed by atoms with Crippen molar-refractivity contribution in [1.82, 2.24) is 15.3 Å². The van der Waals surface area contributed by atoms with Crippen LogP contribution < -0.4 is 26.8 Å². The number of amides is 1. The Morgan fingerprint density at radius 3 is 2.48 bits per heavy atom. The maximum atomic E-state index is 14.3. The molecule has 0 saturated heterocycles. The highest BCUT2D eigenvalue weighted by Gasteiger charge is 2.12. The molecule has 7 N–H and O–H groups in total. The normalized spacial score (nSPS) is 12.2. The van der Waals surface area contributed by atoms with Crippen molar-refractivity contribution in [3.8, 4) is 0 Å². The van der Waals surface area contributed by atoms with Crippen LogP contribution in [-0.4, -0.2) is 30.3 Å². The van der Waals surface area contributed by atoms with Crippen LogP contribution in [0.25, 0.3) is 0 Å². The van der Waals surface area contributed by atoms with Gasteiger partial charge in [-0.15, -0.1) is 0 Å². The maximum Gasteiger partial charge on any atom is 0.238 e. The number of sulfonamides is 1. The summed E-state index contributed by atoms with van der Waals surface area (Å²) in [7, 11) is -3.87. The van der Waals surface area contributed by atoms with Crippen molar-refractivity contribution in [2.45, 2.75) is 30.8 Å². The van der Waals surface area contributed by atoms with E-state index in [2.05, 4.69) is 25.9 Å². The van der Waals surface area contributed by atoms with E-state index in [0.717, 1.165) is 11.8 Å². The van der Waals surface area contributed by atoms with E-state index < -0.39 is 27.8 Å². The minimum atomic E-state index is -3.87. The van der Waals surface area contributed by atoms with Crippen molar-refractivity contribution in [1.29, 1.82) is 0 Å². The van der Waals surface area contributed by atoms with Gasteiger partial charge < -0.3 is 21.7 Å². The first kappa shape index (κ1) is 24.0. The first-order valence-electron chi connectivity index (χ1n) is 9.97. The van der Waals surface area contributed by atoms with Gasteiger partial charge in [0.05, 0.1) is 17.1 Å². The Morgan fingerprint density at radius 2 is 1.85 bits per heavy atom. The molecule has 1 aromatic heterocycles. The number of carbonyl (C=O) groups is 1. The zero-order chi connectivity index (χ0) is 24.0. The third kappa shape index (κ3) is 6.68. The molecule has 1 unspecified atom stereocenters. The first-order chi connectivity index (χ1) is 15.7. The van der Waals surface area contributed by atoms with Crippen molar-refractivity contribution in [2.24, 2.45) is 10.9 Å². The molecule has 1 amide bonds. The summed E-state index contributed by atoms with van der Waals surface area (Å²) < 4.78 is 37.3. The van der Waals surface area contributed by atoms with Crippen LogP contribution in [0, 0.1) is 5.82 Å². The smallest absolute Gasteiger partial charge is 0.238 e. The summed E-state index contributed by atoms with van der Waals surface area (Å²) in [6.07, 6.45) is 1.58. The zero-order valence-electron chi connectivity index (χ0n) is 17.7. The summed E-state index contributed by atoms with van der Waals surface area (Å²) in [5.74, 6) is -1.09. The van der Waals surface area contributed by atoms with Gasteiger partial charge in [-0.25, -0.2) is 22.9 Å². The minimum absolute atomic E-state index is 0.0587. The highest BCUT2D eigenvalue weighted by Crippen LogP contribution is 2.22. The Balaban J connectivity index is 1.70. The quantitative estimate of drug-likeness (QED) is 0.299. The molecule has 0 fully saturated rings. The molecule has 33 heavy (non-hydrogen) atoms. The number of hydrogen-bond donors (Lipinski definition) is 5. The van der Waals surface area contributed by atoms with Crippen LogP contribution in [0.2, 0.25) is 0 Å². The molecule has 0 bridgehead atoms. The number of nitrogens with two attached hydrogens (primary N) is 2. The molecule has 1 atom stereocenters. The third-order valence-electron chi connectivity index (χ3n) is 4.68. The second kappa shape index (κ2) is 10.3. The summed E-state index contributed by atoms with van der Waals surface area (Å²) in [6.45, 7) is 2.32. The van der Waals surface area contributed by atoms with Crippen molar-refractivity contribution in [2.75, 3.05) is 10.6 Å². The lowest BCUT2D eigenvalue weighted by molar-refractivity contribution is -0.120. The fourth-order valence-electron chi connectivity index (χ4n) is 2.92. The number of carbonyl (C=O) groups excluding carboxylic acids is 1. The lowest BCUT2D eigenvalue weighted by Crippen LogP contribution is -2.40. The van der Waals surface area contributed by atoms with E-state index in [9.17, 15) is 17.6 Å². The number of halogens is 1. The second-order valence-corrected chi connectivity index (χ2v) is 8.72. The maximum absolute atomic E-state index is 14.3. The van der Waals surface area contributed by atoms with Gasteiger partial charge in [0.1, 0.15) is 0 Å². The van der Waals surface area contributed by atoms with Crippen LogP contribution in [0.1, 0.15) is 18.9 Å².